The van der Waals surface area contributed by atoms with Gasteiger partial charge in [-0.25, -0.2) is 9.78 Å². The molecule has 0 spiro atoms. The van der Waals surface area contributed by atoms with Crippen LogP contribution in [-0.2, 0) is 0 Å². The van der Waals surface area contributed by atoms with Crippen molar-refractivity contribution in [3.8, 4) is 0 Å². The number of hydrogen-bond donors (Lipinski definition) is 2. The molecule has 0 radical (unpaired) electrons. The lowest BCUT2D eigenvalue weighted by Crippen LogP contribution is -2.19. The first-order chi connectivity index (χ1) is 8.65. The molecule has 2 rings (SSSR count). The van der Waals surface area contributed by atoms with E-state index in [2.05, 4.69) is 29.5 Å². The highest BCUT2D eigenvalue weighted by Gasteiger charge is 2.08. The predicted octanol–water partition coefficient (Wildman–Crippen LogP) is 3.91. The number of anilines is 2. The topological polar surface area (TPSA) is 54.0 Å². The molecule has 0 saturated heterocycles. The Morgan fingerprint density at radius 3 is 2.56 bits per heavy atom. The molecule has 1 aromatic heterocycles. The van der Waals surface area contributed by atoms with E-state index in [1.54, 1.807) is 0 Å². The van der Waals surface area contributed by atoms with Gasteiger partial charge in [0.25, 0.3) is 0 Å². The average Bonchev–Trinajstić information content (AvgIpc) is 2.78. The van der Waals surface area contributed by atoms with Crippen molar-refractivity contribution in [1.82, 2.24) is 4.98 Å². The third-order valence-electron chi connectivity index (χ3n) is 2.37. The molecule has 0 aliphatic heterocycles. The number of benzene rings is 1. The van der Waals surface area contributed by atoms with Crippen LogP contribution in [0.4, 0.5) is 15.6 Å². The lowest BCUT2D eigenvalue weighted by Gasteiger charge is -2.04. The highest BCUT2D eigenvalue weighted by atomic mass is 32.1. The number of carbonyl (C=O) groups is 1. The molecule has 0 atom stereocenters. The third kappa shape index (κ3) is 3.30. The van der Waals surface area contributed by atoms with Crippen LogP contribution in [-0.4, -0.2) is 11.0 Å². The van der Waals surface area contributed by atoms with Crippen molar-refractivity contribution in [2.24, 2.45) is 0 Å². The Morgan fingerprint density at radius 1 is 1.22 bits per heavy atom. The quantitative estimate of drug-likeness (QED) is 0.880. The van der Waals surface area contributed by atoms with Crippen molar-refractivity contribution in [2.45, 2.75) is 19.8 Å². The Bertz CT molecular complexity index is 522. The van der Waals surface area contributed by atoms with E-state index in [1.807, 2.05) is 35.7 Å². The van der Waals surface area contributed by atoms with E-state index in [0.717, 1.165) is 11.4 Å². The molecule has 0 aliphatic carbocycles. The number of rotatable bonds is 3. The van der Waals surface area contributed by atoms with Gasteiger partial charge in [0.2, 0.25) is 0 Å². The molecule has 1 heterocycles. The zero-order valence-corrected chi connectivity index (χ0v) is 11.1. The number of carbonyl (C=O) groups excluding carboxylic acids is 1. The molecule has 0 saturated carbocycles. The van der Waals surface area contributed by atoms with E-state index in [0.29, 0.717) is 11.0 Å². The SMILES string of the molecule is CC(C)c1csc(NC(=O)Nc2ccccc2)n1. The van der Waals surface area contributed by atoms with Gasteiger partial charge in [-0.05, 0) is 18.1 Å². The van der Waals surface area contributed by atoms with Crippen LogP contribution in [0, 0.1) is 0 Å². The monoisotopic (exact) mass is 261 g/mol. The molecule has 2 amide bonds. The molecule has 0 bridgehead atoms. The highest BCUT2D eigenvalue weighted by molar-refractivity contribution is 7.13. The summed E-state index contributed by atoms with van der Waals surface area (Å²) in [6.07, 6.45) is 0. The van der Waals surface area contributed by atoms with Crippen LogP contribution in [0.1, 0.15) is 25.5 Å². The van der Waals surface area contributed by atoms with E-state index >= 15 is 0 Å². The predicted molar refractivity (Wildman–Crippen MR) is 75.3 cm³/mol. The Morgan fingerprint density at radius 2 is 1.94 bits per heavy atom. The third-order valence-corrected chi connectivity index (χ3v) is 3.14. The second-order valence-electron chi connectivity index (χ2n) is 4.18. The summed E-state index contributed by atoms with van der Waals surface area (Å²) in [6.45, 7) is 4.14. The zero-order valence-electron chi connectivity index (χ0n) is 10.3. The zero-order chi connectivity index (χ0) is 13.0. The first-order valence-corrected chi connectivity index (χ1v) is 6.61. The van der Waals surface area contributed by atoms with Gasteiger partial charge >= 0.3 is 6.03 Å². The van der Waals surface area contributed by atoms with E-state index in [1.165, 1.54) is 11.3 Å². The second kappa shape index (κ2) is 5.64. The Kier molecular flexibility index (Phi) is 3.94. The lowest BCUT2D eigenvalue weighted by atomic mass is 10.2. The van der Waals surface area contributed by atoms with Gasteiger partial charge in [-0.2, -0.15) is 0 Å². The fourth-order valence-electron chi connectivity index (χ4n) is 1.39. The van der Waals surface area contributed by atoms with Crippen LogP contribution in [0.15, 0.2) is 35.7 Å². The minimum Gasteiger partial charge on any atom is -0.308 e. The molecule has 0 unspecified atom stereocenters. The molecular weight excluding hydrogens is 246 g/mol. The summed E-state index contributed by atoms with van der Waals surface area (Å²) in [4.78, 5) is 16.0. The maximum atomic E-state index is 11.7. The summed E-state index contributed by atoms with van der Waals surface area (Å²) in [5, 5.41) is 8.05. The number of para-hydroxylation sites is 1. The molecule has 18 heavy (non-hydrogen) atoms. The van der Waals surface area contributed by atoms with Crippen molar-refractivity contribution in [1.29, 1.82) is 0 Å². The lowest BCUT2D eigenvalue weighted by molar-refractivity contribution is 0.262. The van der Waals surface area contributed by atoms with Crippen LogP contribution < -0.4 is 10.6 Å². The largest absolute Gasteiger partial charge is 0.325 e. The average molecular weight is 261 g/mol. The Hall–Kier alpha value is -1.88. The van der Waals surface area contributed by atoms with Gasteiger partial charge < -0.3 is 5.32 Å². The first-order valence-electron chi connectivity index (χ1n) is 5.73. The van der Waals surface area contributed by atoms with Crippen LogP contribution in [0.5, 0.6) is 0 Å². The molecule has 5 heteroatoms. The second-order valence-corrected chi connectivity index (χ2v) is 5.04. The molecule has 1 aromatic carbocycles. The van der Waals surface area contributed by atoms with E-state index < -0.39 is 0 Å². The maximum Gasteiger partial charge on any atom is 0.325 e. The number of aromatic nitrogens is 1. The molecule has 94 valence electrons. The van der Waals surface area contributed by atoms with Crippen molar-refractivity contribution in [3.05, 3.63) is 41.4 Å². The molecule has 0 aliphatic rings. The van der Waals surface area contributed by atoms with Crippen LogP contribution in [0.3, 0.4) is 0 Å². The molecule has 2 N–H and O–H groups in total. The van der Waals surface area contributed by atoms with E-state index in [9.17, 15) is 4.79 Å². The standard InChI is InChI=1S/C13H15N3OS/c1-9(2)11-8-18-13(15-11)16-12(17)14-10-6-4-3-5-7-10/h3-9H,1-2H3,(H2,14,15,16,17). The number of thiazole rings is 1. The van der Waals surface area contributed by atoms with Gasteiger partial charge in [0, 0.05) is 11.1 Å². The molecule has 0 fully saturated rings. The Labute approximate surface area is 110 Å². The number of nitrogens with one attached hydrogen (secondary N) is 2. The smallest absolute Gasteiger partial charge is 0.308 e. The van der Waals surface area contributed by atoms with Crippen LogP contribution >= 0.6 is 11.3 Å². The van der Waals surface area contributed by atoms with Crippen molar-refractivity contribution < 1.29 is 4.79 Å². The minimum absolute atomic E-state index is 0.272. The van der Waals surface area contributed by atoms with Crippen molar-refractivity contribution in [2.75, 3.05) is 10.6 Å². The summed E-state index contributed by atoms with van der Waals surface area (Å²) in [7, 11) is 0. The summed E-state index contributed by atoms with van der Waals surface area (Å²) < 4.78 is 0. The minimum atomic E-state index is -0.272. The fraction of sp³-hybridized carbons (Fsp3) is 0.231. The van der Waals surface area contributed by atoms with E-state index in [4.69, 9.17) is 0 Å². The molecular formula is C13H15N3OS. The van der Waals surface area contributed by atoms with Gasteiger partial charge in [0.15, 0.2) is 5.13 Å². The van der Waals surface area contributed by atoms with Crippen molar-refractivity contribution >= 4 is 28.2 Å². The van der Waals surface area contributed by atoms with Gasteiger partial charge in [0.1, 0.15) is 0 Å². The van der Waals surface area contributed by atoms with Gasteiger partial charge in [-0.15, -0.1) is 11.3 Å². The summed E-state index contributed by atoms with van der Waals surface area (Å²) in [5.41, 5.74) is 1.76. The summed E-state index contributed by atoms with van der Waals surface area (Å²) in [5.74, 6) is 0.369. The number of hydrogen-bond acceptors (Lipinski definition) is 3. The fourth-order valence-corrected chi connectivity index (χ4v) is 2.26. The first kappa shape index (κ1) is 12.6. The number of amides is 2. The normalized spacial score (nSPS) is 10.4. The highest BCUT2D eigenvalue weighted by Crippen LogP contribution is 2.21. The van der Waals surface area contributed by atoms with Gasteiger partial charge in [-0.1, -0.05) is 32.0 Å². The maximum absolute atomic E-state index is 11.7. The number of nitrogens with zero attached hydrogens (tertiary/aromatic N) is 1. The van der Waals surface area contributed by atoms with Gasteiger partial charge in [0.05, 0.1) is 5.69 Å². The number of urea groups is 1. The van der Waals surface area contributed by atoms with Crippen molar-refractivity contribution in [3.63, 3.8) is 0 Å². The summed E-state index contributed by atoms with van der Waals surface area (Å²) in [6, 6.07) is 9.04. The Balaban J connectivity index is 1.95. The molecule has 4 nitrogen and oxygen atoms in total. The van der Waals surface area contributed by atoms with Crippen LogP contribution in [0.25, 0.3) is 0 Å². The molecule has 2 aromatic rings. The van der Waals surface area contributed by atoms with Crippen LogP contribution in [0.2, 0.25) is 0 Å². The van der Waals surface area contributed by atoms with Gasteiger partial charge in [-0.3, -0.25) is 5.32 Å². The van der Waals surface area contributed by atoms with E-state index in [-0.39, 0.29) is 6.03 Å². The summed E-state index contributed by atoms with van der Waals surface area (Å²) >= 11 is 1.43.